The second-order valence-electron chi connectivity index (χ2n) is 7.91. The van der Waals surface area contributed by atoms with Crippen molar-refractivity contribution in [2.45, 2.75) is 41.0 Å². The summed E-state index contributed by atoms with van der Waals surface area (Å²) >= 11 is 7.42. The largest absolute Gasteiger partial charge is 0.494 e. The molecular weight excluding hydrogens is 510 g/mol. The molecule has 1 aromatic rings. The van der Waals surface area contributed by atoms with E-state index in [4.69, 9.17) is 18.9 Å². The maximum Gasteiger partial charge on any atom is 0.240 e. The predicted molar refractivity (Wildman–Crippen MR) is 110 cm³/mol. The first kappa shape index (κ1) is 19.9. The van der Waals surface area contributed by atoms with Gasteiger partial charge < -0.3 is 18.9 Å². The molecular formula is C20H21Br2NO6. The summed E-state index contributed by atoms with van der Waals surface area (Å²) in [4.78, 5) is 27.9. The quantitative estimate of drug-likeness (QED) is 0.440. The highest BCUT2D eigenvalue weighted by atomic mass is 79.9. The van der Waals surface area contributed by atoms with Gasteiger partial charge in [-0.25, -0.2) is 4.90 Å². The molecule has 0 spiro atoms. The summed E-state index contributed by atoms with van der Waals surface area (Å²) < 4.78 is 23.5. The van der Waals surface area contributed by atoms with Gasteiger partial charge in [-0.15, -0.1) is 0 Å². The molecule has 5 rings (SSSR count). The first-order valence-corrected chi connectivity index (χ1v) is 11.5. The lowest BCUT2D eigenvalue weighted by atomic mass is 9.67. The Morgan fingerprint density at radius 1 is 1.07 bits per heavy atom. The van der Waals surface area contributed by atoms with Gasteiger partial charge in [-0.1, -0.05) is 31.9 Å². The van der Waals surface area contributed by atoms with Crippen LogP contribution in [0.5, 0.6) is 5.75 Å². The minimum Gasteiger partial charge on any atom is -0.494 e. The number of amides is 2. The minimum atomic E-state index is -1.07. The van der Waals surface area contributed by atoms with Crippen molar-refractivity contribution >= 4 is 49.4 Å². The van der Waals surface area contributed by atoms with Crippen LogP contribution in [-0.4, -0.2) is 58.8 Å². The molecule has 1 aromatic carbocycles. The van der Waals surface area contributed by atoms with Crippen LogP contribution in [0.3, 0.4) is 0 Å². The van der Waals surface area contributed by atoms with E-state index in [2.05, 4.69) is 31.9 Å². The number of ether oxygens (including phenoxy) is 4. The molecule has 0 saturated carbocycles. The molecule has 2 bridgehead atoms. The van der Waals surface area contributed by atoms with E-state index in [1.165, 1.54) is 4.90 Å². The average Bonchev–Trinajstić information content (AvgIpc) is 3.42. The number of nitrogens with zero attached hydrogens (tertiary/aromatic N) is 1. The fraction of sp³-hybridized carbons (Fsp3) is 0.600. The predicted octanol–water partition coefficient (Wildman–Crippen LogP) is 2.63. The molecule has 6 atom stereocenters. The summed E-state index contributed by atoms with van der Waals surface area (Å²) in [5.41, 5.74) is -1.40. The molecule has 4 heterocycles. The Morgan fingerprint density at radius 2 is 1.69 bits per heavy atom. The fourth-order valence-corrected chi connectivity index (χ4v) is 7.15. The van der Waals surface area contributed by atoms with Crippen LogP contribution in [0.15, 0.2) is 24.3 Å². The van der Waals surface area contributed by atoms with Gasteiger partial charge in [0, 0.05) is 0 Å². The van der Waals surface area contributed by atoms with Gasteiger partial charge in [-0.2, -0.15) is 0 Å². The summed E-state index contributed by atoms with van der Waals surface area (Å²) in [7, 11) is 0. The number of rotatable bonds is 4. The maximum atomic E-state index is 13.6. The fourth-order valence-electron chi connectivity index (χ4n) is 5.24. The van der Waals surface area contributed by atoms with E-state index < -0.39 is 29.3 Å². The Bertz CT molecular complexity index is 855. The normalized spacial score (nSPS) is 41.4. The number of imide groups is 1. The third-order valence-corrected chi connectivity index (χ3v) is 9.83. The van der Waals surface area contributed by atoms with Crippen molar-refractivity contribution in [3.63, 3.8) is 0 Å². The van der Waals surface area contributed by atoms with E-state index >= 15 is 0 Å². The molecule has 4 aliphatic rings. The Kier molecular flexibility index (Phi) is 4.64. The van der Waals surface area contributed by atoms with Crippen molar-refractivity contribution < 1.29 is 28.5 Å². The summed E-state index contributed by atoms with van der Waals surface area (Å²) in [5, 5.41) is 0. The van der Waals surface area contributed by atoms with Gasteiger partial charge in [0.2, 0.25) is 11.8 Å². The maximum absolute atomic E-state index is 13.6. The van der Waals surface area contributed by atoms with E-state index in [0.29, 0.717) is 31.3 Å². The number of benzene rings is 1. The lowest BCUT2D eigenvalue weighted by molar-refractivity contribution is -0.200. The number of carbonyl (C=O) groups is 2. The van der Waals surface area contributed by atoms with Crippen LogP contribution in [0.25, 0.3) is 0 Å². The second kappa shape index (κ2) is 6.75. The SMILES string of the molecule is CCOc1ccc(N2C(=O)[C@@H]3[C@H](C2=O)[C@@]2(C4OCCO4)O[C@@]3(C)[C@@H](Br)[C@H]2Br)cc1. The average molecular weight is 531 g/mol. The number of alkyl halides is 2. The number of hydrogen-bond donors (Lipinski definition) is 0. The van der Waals surface area contributed by atoms with Gasteiger partial charge in [0.05, 0.1) is 52.6 Å². The number of fused-ring (bicyclic) bond motifs is 5. The highest BCUT2D eigenvalue weighted by Crippen LogP contribution is 2.66. The van der Waals surface area contributed by atoms with Crippen LogP contribution in [0.1, 0.15) is 13.8 Å². The molecule has 29 heavy (non-hydrogen) atoms. The van der Waals surface area contributed by atoms with Crippen LogP contribution in [0, 0.1) is 11.8 Å². The first-order chi connectivity index (χ1) is 13.9. The molecule has 2 amide bonds. The molecule has 7 nitrogen and oxygen atoms in total. The lowest BCUT2D eigenvalue weighted by Crippen LogP contribution is -2.59. The summed E-state index contributed by atoms with van der Waals surface area (Å²) in [6, 6.07) is 7.00. The van der Waals surface area contributed by atoms with Crippen LogP contribution >= 0.6 is 31.9 Å². The monoisotopic (exact) mass is 529 g/mol. The zero-order valence-electron chi connectivity index (χ0n) is 16.0. The zero-order valence-corrected chi connectivity index (χ0v) is 19.1. The molecule has 0 N–H and O–H groups in total. The van der Waals surface area contributed by atoms with Crippen LogP contribution < -0.4 is 9.64 Å². The number of halogens is 2. The molecule has 156 valence electrons. The van der Waals surface area contributed by atoms with E-state index in [1.807, 2.05) is 13.8 Å². The first-order valence-electron chi connectivity index (χ1n) is 9.68. The van der Waals surface area contributed by atoms with Crippen LogP contribution in [0.4, 0.5) is 5.69 Å². The number of carbonyl (C=O) groups excluding carboxylic acids is 2. The van der Waals surface area contributed by atoms with Gasteiger partial charge in [-0.05, 0) is 38.1 Å². The summed E-state index contributed by atoms with van der Waals surface area (Å²) in [5.74, 6) is -1.15. The molecule has 0 aromatic heterocycles. The van der Waals surface area contributed by atoms with Crippen molar-refractivity contribution in [1.82, 2.24) is 0 Å². The standard InChI is InChI=1S/C20H21Br2NO6/c1-3-26-11-6-4-10(5-7-11)23-16(24)12-13(17(23)25)20(18-27-8-9-28-18)15(22)14(21)19(12,2)29-20/h4-7,12-15,18H,3,8-9H2,1-2H3/t12-,13+,14-,15+,19+,20+/m0/s1. The summed E-state index contributed by atoms with van der Waals surface area (Å²) in [6.45, 7) is 5.19. The number of hydrogen-bond acceptors (Lipinski definition) is 6. The van der Waals surface area contributed by atoms with Gasteiger partial charge in [0.25, 0.3) is 0 Å². The van der Waals surface area contributed by atoms with Crippen molar-refractivity contribution in [1.29, 1.82) is 0 Å². The molecule has 0 unspecified atom stereocenters. The third-order valence-electron chi connectivity index (χ3n) is 6.44. The number of anilines is 1. The topological polar surface area (TPSA) is 74.3 Å². The molecule has 4 aliphatic heterocycles. The highest BCUT2D eigenvalue weighted by molar-refractivity contribution is 9.12. The smallest absolute Gasteiger partial charge is 0.240 e. The van der Waals surface area contributed by atoms with Crippen molar-refractivity contribution in [2.24, 2.45) is 11.8 Å². The Hall–Kier alpha value is -1.00. The van der Waals surface area contributed by atoms with E-state index in [9.17, 15) is 9.59 Å². The molecule has 0 aliphatic carbocycles. The Morgan fingerprint density at radius 3 is 2.31 bits per heavy atom. The molecule has 0 radical (unpaired) electrons. The van der Waals surface area contributed by atoms with Crippen molar-refractivity contribution in [3.8, 4) is 5.75 Å². The Balaban J connectivity index is 1.57. The van der Waals surface area contributed by atoms with Crippen molar-refractivity contribution in [2.75, 3.05) is 24.7 Å². The van der Waals surface area contributed by atoms with Crippen LogP contribution in [0.2, 0.25) is 0 Å². The van der Waals surface area contributed by atoms with E-state index in [1.54, 1.807) is 24.3 Å². The van der Waals surface area contributed by atoms with Gasteiger partial charge >= 0.3 is 0 Å². The highest BCUT2D eigenvalue weighted by Gasteiger charge is 2.82. The van der Waals surface area contributed by atoms with Crippen LogP contribution in [-0.2, 0) is 23.8 Å². The minimum absolute atomic E-state index is 0.180. The lowest BCUT2D eigenvalue weighted by Gasteiger charge is -2.39. The van der Waals surface area contributed by atoms with Gasteiger partial charge in [0.15, 0.2) is 6.29 Å². The molecule has 4 saturated heterocycles. The van der Waals surface area contributed by atoms with Gasteiger partial charge in [0.1, 0.15) is 11.4 Å². The zero-order chi connectivity index (χ0) is 20.6. The van der Waals surface area contributed by atoms with Gasteiger partial charge in [-0.3, -0.25) is 9.59 Å². The Labute approximate surface area is 185 Å². The third kappa shape index (κ3) is 2.45. The van der Waals surface area contributed by atoms with E-state index in [0.717, 1.165) is 0 Å². The molecule has 4 fully saturated rings. The summed E-state index contributed by atoms with van der Waals surface area (Å²) in [6.07, 6.45) is -0.708. The van der Waals surface area contributed by atoms with E-state index in [-0.39, 0.29) is 21.5 Å². The van der Waals surface area contributed by atoms with Crippen molar-refractivity contribution in [3.05, 3.63) is 24.3 Å². The molecule has 9 heteroatoms. The second-order valence-corrected chi connectivity index (χ2v) is 9.88.